The molecule has 0 fully saturated rings. The molecule has 1 atom stereocenters. The Bertz CT molecular complexity index is 618. The molecule has 20 heavy (non-hydrogen) atoms. The van der Waals surface area contributed by atoms with E-state index in [2.05, 4.69) is 5.32 Å². The van der Waals surface area contributed by atoms with E-state index in [0.717, 1.165) is 6.07 Å². The molecule has 1 aromatic rings. The van der Waals surface area contributed by atoms with Crippen LogP contribution < -0.4 is 10.5 Å². The summed E-state index contributed by atoms with van der Waals surface area (Å²) >= 11 is 0. The average Bonchev–Trinajstić information content (AvgIpc) is 2.26. The maximum atomic E-state index is 11.3. The Balaban J connectivity index is 3.25. The Morgan fingerprint density at radius 2 is 1.90 bits per heavy atom. The first-order chi connectivity index (χ1) is 8.93. The number of benzene rings is 1. The molecule has 112 valence electrons. The van der Waals surface area contributed by atoms with E-state index in [-0.39, 0.29) is 21.9 Å². The molecule has 4 N–H and O–H groups in total. The molecule has 0 amide bonds. The normalized spacial score (nSPS) is 13.8. The standard InChI is InChI=1S/C13H20N2O4S/c1-8(13(2,3)4)15-11-6-5-9(20(14,18)19)7-10(11)12(16)17/h5-8,15H,1-4H3,(H,16,17)(H2,14,18,19). The summed E-state index contributed by atoms with van der Waals surface area (Å²) in [6, 6.07) is 3.78. The third kappa shape index (κ3) is 3.94. The molecule has 1 aromatic carbocycles. The average molecular weight is 300 g/mol. The van der Waals surface area contributed by atoms with Crippen LogP contribution in [0.2, 0.25) is 0 Å². The summed E-state index contributed by atoms with van der Waals surface area (Å²) in [7, 11) is -3.92. The molecule has 0 radical (unpaired) electrons. The second kappa shape index (κ2) is 5.41. The number of hydrogen-bond donors (Lipinski definition) is 3. The van der Waals surface area contributed by atoms with Gasteiger partial charge in [-0.2, -0.15) is 0 Å². The van der Waals surface area contributed by atoms with E-state index >= 15 is 0 Å². The summed E-state index contributed by atoms with van der Waals surface area (Å²) in [6.07, 6.45) is 0. The fraction of sp³-hybridized carbons (Fsp3) is 0.462. The maximum absolute atomic E-state index is 11.3. The summed E-state index contributed by atoms with van der Waals surface area (Å²) in [6.45, 7) is 7.98. The van der Waals surface area contributed by atoms with Crippen LogP contribution in [0.15, 0.2) is 23.1 Å². The van der Waals surface area contributed by atoms with Gasteiger partial charge in [0.2, 0.25) is 10.0 Å². The molecule has 7 heteroatoms. The zero-order valence-electron chi connectivity index (χ0n) is 12.0. The van der Waals surface area contributed by atoms with Gasteiger partial charge in [0.1, 0.15) is 0 Å². The number of carbonyl (C=O) groups is 1. The number of rotatable bonds is 4. The van der Waals surface area contributed by atoms with Gasteiger partial charge in [0.15, 0.2) is 0 Å². The minimum absolute atomic E-state index is 0.000865. The van der Waals surface area contributed by atoms with Gasteiger partial charge >= 0.3 is 5.97 Å². The van der Waals surface area contributed by atoms with Crippen LogP contribution >= 0.6 is 0 Å². The lowest BCUT2D eigenvalue weighted by molar-refractivity contribution is 0.0697. The maximum Gasteiger partial charge on any atom is 0.337 e. The van der Waals surface area contributed by atoms with Crippen molar-refractivity contribution < 1.29 is 18.3 Å². The topological polar surface area (TPSA) is 109 Å². The molecular weight excluding hydrogens is 280 g/mol. The van der Waals surface area contributed by atoms with Crippen molar-refractivity contribution in [2.75, 3.05) is 5.32 Å². The van der Waals surface area contributed by atoms with Crippen LogP contribution in [0.1, 0.15) is 38.1 Å². The lowest BCUT2D eigenvalue weighted by atomic mass is 9.88. The zero-order valence-corrected chi connectivity index (χ0v) is 12.8. The van der Waals surface area contributed by atoms with E-state index in [1.165, 1.54) is 12.1 Å². The van der Waals surface area contributed by atoms with Crippen molar-refractivity contribution in [1.29, 1.82) is 0 Å². The second-order valence-electron chi connectivity index (χ2n) is 5.79. The Kier molecular flexibility index (Phi) is 4.45. The highest BCUT2D eigenvalue weighted by Crippen LogP contribution is 2.26. The van der Waals surface area contributed by atoms with Crippen LogP contribution in [-0.2, 0) is 10.0 Å². The lowest BCUT2D eigenvalue weighted by Gasteiger charge is -2.29. The molecule has 0 aliphatic carbocycles. The molecule has 0 aliphatic rings. The highest BCUT2D eigenvalue weighted by molar-refractivity contribution is 7.89. The molecule has 0 aromatic heterocycles. The first kappa shape index (κ1) is 16.5. The lowest BCUT2D eigenvalue weighted by Crippen LogP contribution is -2.31. The molecule has 0 bridgehead atoms. The fourth-order valence-corrected chi connectivity index (χ4v) is 1.99. The molecule has 0 heterocycles. The molecule has 6 nitrogen and oxygen atoms in total. The predicted octanol–water partition coefficient (Wildman–Crippen LogP) is 1.88. The van der Waals surface area contributed by atoms with E-state index in [4.69, 9.17) is 5.14 Å². The van der Waals surface area contributed by atoms with Crippen LogP contribution in [-0.4, -0.2) is 25.5 Å². The summed E-state index contributed by atoms with van der Waals surface area (Å²) in [5.74, 6) is -1.21. The van der Waals surface area contributed by atoms with E-state index in [0.29, 0.717) is 5.69 Å². The monoisotopic (exact) mass is 300 g/mol. The van der Waals surface area contributed by atoms with Gasteiger partial charge in [-0.1, -0.05) is 20.8 Å². The number of carboxylic acids is 1. The smallest absolute Gasteiger partial charge is 0.337 e. The van der Waals surface area contributed by atoms with Crippen molar-refractivity contribution >= 4 is 21.7 Å². The number of primary sulfonamides is 1. The number of nitrogens with one attached hydrogen (secondary N) is 1. The van der Waals surface area contributed by atoms with E-state index in [1.807, 2.05) is 27.7 Å². The SMILES string of the molecule is CC(Nc1ccc(S(N)(=O)=O)cc1C(=O)O)C(C)(C)C. The Morgan fingerprint density at radius 1 is 1.35 bits per heavy atom. The molecule has 0 saturated carbocycles. The van der Waals surface area contributed by atoms with Crippen LogP contribution in [0.5, 0.6) is 0 Å². The quantitative estimate of drug-likeness (QED) is 0.786. The number of hydrogen-bond acceptors (Lipinski definition) is 4. The largest absolute Gasteiger partial charge is 0.478 e. The van der Waals surface area contributed by atoms with E-state index in [9.17, 15) is 18.3 Å². The molecular formula is C13H20N2O4S. The number of nitrogens with two attached hydrogens (primary N) is 1. The molecule has 0 spiro atoms. The number of carboxylic acid groups (broad SMARTS) is 1. The molecule has 0 saturated heterocycles. The van der Waals surface area contributed by atoms with Gasteiger partial charge in [-0.25, -0.2) is 18.4 Å². The Hall–Kier alpha value is -1.60. The van der Waals surface area contributed by atoms with Crippen LogP contribution in [0, 0.1) is 5.41 Å². The second-order valence-corrected chi connectivity index (χ2v) is 7.35. The number of aromatic carboxylic acids is 1. The van der Waals surface area contributed by atoms with Gasteiger partial charge in [0.25, 0.3) is 0 Å². The number of sulfonamides is 1. The van der Waals surface area contributed by atoms with Crippen LogP contribution in [0.3, 0.4) is 0 Å². The van der Waals surface area contributed by atoms with Gasteiger partial charge in [0.05, 0.1) is 10.5 Å². The minimum atomic E-state index is -3.92. The van der Waals surface area contributed by atoms with E-state index in [1.54, 1.807) is 0 Å². The third-order valence-electron chi connectivity index (χ3n) is 3.22. The summed E-state index contributed by atoms with van der Waals surface area (Å²) in [5.41, 5.74) is 0.175. The Morgan fingerprint density at radius 3 is 2.30 bits per heavy atom. The minimum Gasteiger partial charge on any atom is -0.478 e. The zero-order chi connectivity index (χ0) is 15.7. The van der Waals surface area contributed by atoms with Crippen molar-refractivity contribution in [1.82, 2.24) is 0 Å². The first-order valence-corrected chi connectivity index (χ1v) is 7.64. The predicted molar refractivity (Wildman–Crippen MR) is 77.3 cm³/mol. The highest BCUT2D eigenvalue weighted by atomic mass is 32.2. The van der Waals surface area contributed by atoms with Gasteiger partial charge in [0, 0.05) is 11.7 Å². The van der Waals surface area contributed by atoms with Gasteiger partial charge in [-0.3, -0.25) is 0 Å². The molecule has 0 aliphatic heterocycles. The summed E-state index contributed by atoms with van der Waals surface area (Å²) < 4.78 is 22.5. The van der Waals surface area contributed by atoms with E-state index < -0.39 is 16.0 Å². The van der Waals surface area contributed by atoms with Gasteiger partial charge < -0.3 is 10.4 Å². The van der Waals surface area contributed by atoms with Crippen molar-refractivity contribution in [3.05, 3.63) is 23.8 Å². The highest BCUT2D eigenvalue weighted by Gasteiger charge is 2.22. The van der Waals surface area contributed by atoms with Crippen molar-refractivity contribution in [3.8, 4) is 0 Å². The van der Waals surface area contributed by atoms with Gasteiger partial charge in [-0.15, -0.1) is 0 Å². The van der Waals surface area contributed by atoms with Gasteiger partial charge in [-0.05, 0) is 30.5 Å². The van der Waals surface area contributed by atoms with Crippen LogP contribution in [0.4, 0.5) is 5.69 Å². The fourth-order valence-electron chi connectivity index (χ4n) is 1.45. The molecule has 1 rings (SSSR count). The summed E-state index contributed by atoms with van der Waals surface area (Å²) in [4.78, 5) is 11.0. The third-order valence-corrected chi connectivity index (χ3v) is 4.13. The Labute approximate surface area is 119 Å². The number of anilines is 1. The van der Waals surface area contributed by atoms with Crippen LogP contribution in [0.25, 0.3) is 0 Å². The van der Waals surface area contributed by atoms with Crippen molar-refractivity contribution in [2.24, 2.45) is 10.6 Å². The molecule has 1 unspecified atom stereocenters. The first-order valence-electron chi connectivity index (χ1n) is 6.09. The summed E-state index contributed by atoms with van der Waals surface area (Å²) in [5, 5.41) is 17.3. The van der Waals surface area contributed by atoms with Crippen molar-refractivity contribution in [3.63, 3.8) is 0 Å². The van der Waals surface area contributed by atoms with Crippen molar-refractivity contribution in [2.45, 2.75) is 38.6 Å².